The summed E-state index contributed by atoms with van der Waals surface area (Å²) in [5.74, 6) is -1.09. The Hall–Kier alpha value is -2.11. The molecule has 0 unspecified atom stereocenters. The molecule has 0 saturated heterocycles. The number of rotatable bonds is 5. The minimum Gasteiger partial charge on any atom is -0.461 e. The van der Waals surface area contributed by atoms with E-state index in [1.54, 1.807) is 13.1 Å². The number of aromatic nitrogens is 2. The summed E-state index contributed by atoms with van der Waals surface area (Å²) in [5, 5.41) is 9.03. The van der Waals surface area contributed by atoms with E-state index < -0.39 is 17.3 Å². The van der Waals surface area contributed by atoms with Gasteiger partial charge in [0, 0.05) is 11.1 Å². The van der Waals surface area contributed by atoms with Crippen molar-refractivity contribution in [2.45, 2.75) is 30.2 Å². The third-order valence-electron chi connectivity index (χ3n) is 3.35. The van der Waals surface area contributed by atoms with Crippen molar-refractivity contribution in [2.24, 2.45) is 0 Å². The van der Waals surface area contributed by atoms with Crippen molar-refractivity contribution in [2.75, 3.05) is 6.61 Å². The van der Waals surface area contributed by atoms with E-state index in [9.17, 15) is 9.18 Å². The molecular weight excluding hydrogens is 307 g/mol. The number of hydrogen-bond donors (Lipinski definition) is 1. The summed E-state index contributed by atoms with van der Waals surface area (Å²) >= 11 is 1.17. The van der Waals surface area contributed by atoms with Crippen LogP contribution in [0.4, 0.5) is 4.39 Å². The standard InChI is InChI=1S/C14H13FN4O2S/c1-2-21-13(20)11-6-17-12-10(15)5-9(7-19(11)12)22-18-14(8-16)3-4-14/h5-7,18H,2-4H2,1H3. The van der Waals surface area contributed by atoms with Crippen LogP contribution in [-0.4, -0.2) is 27.5 Å². The van der Waals surface area contributed by atoms with Crippen LogP contribution < -0.4 is 4.72 Å². The van der Waals surface area contributed by atoms with Crippen LogP contribution >= 0.6 is 11.9 Å². The highest BCUT2D eigenvalue weighted by molar-refractivity contribution is 7.97. The second-order valence-corrected chi connectivity index (χ2v) is 5.86. The first-order valence-electron chi connectivity index (χ1n) is 6.77. The number of nitrogens with zero attached hydrogens (tertiary/aromatic N) is 3. The molecule has 1 aliphatic rings. The fourth-order valence-electron chi connectivity index (χ4n) is 1.95. The number of carbonyl (C=O) groups is 1. The molecule has 2 aromatic rings. The predicted molar refractivity (Wildman–Crippen MR) is 77.7 cm³/mol. The van der Waals surface area contributed by atoms with Crippen LogP contribution in [0.1, 0.15) is 30.3 Å². The molecule has 1 aliphatic carbocycles. The van der Waals surface area contributed by atoms with E-state index in [4.69, 9.17) is 10.00 Å². The third-order valence-corrected chi connectivity index (χ3v) is 4.30. The van der Waals surface area contributed by atoms with Gasteiger partial charge >= 0.3 is 5.97 Å². The van der Waals surface area contributed by atoms with Gasteiger partial charge in [0.15, 0.2) is 17.2 Å². The van der Waals surface area contributed by atoms with Crippen molar-refractivity contribution >= 4 is 23.6 Å². The summed E-state index contributed by atoms with van der Waals surface area (Å²) in [6.45, 7) is 1.93. The Morgan fingerprint density at radius 2 is 2.45 bits per heavy atom. The molecule has 2 heterocycles. The van der Waals surface area contributed by atoms with Crippen LogP contribution in [0.15, 0.2) is 23.4 Å². The lowest BCUT2D eigenvalue weighted by molar-refractivity contribution is 0.0518. The van der Waals surface area contributed by atoms with Crippen LogP contribution in [0, 0.1) is 17.1 Å². The van der Waals surface area contributed by atoms with Gasteiger partial charge in [0.05, 0.1) is 18.9 Å². The highest BCUT2D eigenvalue weighted by Crippen LogP contribution is 2.37. The Balaban J connectivity index is 1.90. The maximum Gasteiger partial charge on any atom is 0.356 e. The number of nitriles is 1. The van der Waals surface area contributed by atoms with Crippen LogP contribution in [0.5, 0.6) is 0 Å². The molecule has 0 amide bonds. The lowest BCUT2D eigenvalue weighted by Crippen LogP contribution is -2.22. The number of halogens is 1. The number of imidazole rings is 1. The van der Waals surface area contributed by atoms with Crippen molar-refractivity contribution in [1.29, 1.82) is 5.26 Å². The topological polar surface area (TPSA) is 79.4 Å². The van der Waals surface area contributed by atoms with Gasteiger partial charge < -0.3 is 4.74 Å². The number of pyridine rings is 1. The normalized spacial score (nSPS) is 15.5. The molecule has 0 spiro atoms. The zero-order valence-corrected chi connectivity index (χ0v) is 12.6. The smallest absolute Gasteiger partial charge is 0.356 e. The lowest BCUT2D eigenvalue weighted by Gasteiger charge is -2.09. The fraction of sp³-hybridized carbons (Fsp3) is 0.357. The van der Waals surface area contributed by atoms with E-state index in [-0.39, 0.29) is 17.9 Å². The van der Waals surface area contributed by atoms with E-state index in [0.29, 0.717) is 4.90 Å². The van der Waals surface area contributed by atoms with E-state index in [0.717, 1.165) is 12.8 Å². The predicted octanol–water partition coefficient (Wildman–Crippen LogP) is 2.30. The fourth-order valence-corrected chi connectivity index (χ4v) is 2.84. The first-order chi connectivity index (χ1) is 10.6. The van der Waals surface area contributed by atoms with Crippen molar-refractivity contribution < 1.29 is 13.9 Å². The van der Waals surface area contributed by atoms with Crippen molar-refractivity contribution in [3.63, 3.8) is 0 Å². The van der Waals surface area contributed by atoms with Crippen LogP contribution in [0.25, 0.3) is 5.65 Å². The number of ether oxygens (including phenoxy) is 1. The van der Waals surface area contributed by atoms with E-state index in [2.05, 4.69) is 15.8 Å². The van der Waals surface area contributed by atoms with Gasteiger partial charge in [-0.3, -0.25) is 4.40 Å². The maximum atomic E-state index is 14.1. The molecular formula is C14H13FN4O2S. The zero-order valence-electron chi connectivity index (χ0n) is 11.8. The number of carbonyl (C=O) groups excluding carboxylic acids is 1. The zero-order chi connectivity index (χ0) is 15.7. The number of hydrogen-bond acceptors (Lipinski definition) is 6. The number of fused-ring (bicyclic) bond motifs is 1. The van der Waals surface area contributed by atoms with Gasteiger partial charge in [-0.25, -0.2) is 18.9 Å². The van der Waals surface area contributed by atoms with Gasteiger partial charge in [0.1, 0.15) is 5.54 Å². The van der Waals surface area contributed by atoms with E-state index in [1.807, 2.05) is 0 Å². The van der Waals surface area contributed by atoms with Gasteiger partial charge in [-0.1, -0.05) is 0 Å². The Morgan fingerprint density at radius 3 is 3.09 bits per heavy atom. The lowest BCUT2D eigenvalue weighted by atomic mass is 10.3. The monoisotopic (exact) mass is 320 g/mol. The van der Waals surface area contributed by atoms with Crippen LogP contribution in [0.2, 0.25) is 0 Å². The number of esters is 1. The first kappa shape index (κ1) is 14.8. The average molecular weight is 320 g/mol. The Bertz CT molecular complexity index is 779. The molecule has 2 aromatic heterocycles. The molecule has 22 heavy (non-hydrogen) atoms. The molecule has 6 nitrogen and oxygen atoms in total. The molecule has 0 atom stereocenters. The summed E-state index contributed by atoms with van der Waals surface area (Å²) < 4.78 is 23.4. The second kappa shape index (κ2) is 5.59. The first-order valence-corrected chi connectivity index (χ1v) is 7.59. The van der Waals surface area contributed by atoms with E-state index in [1.165, 1.54) is 28.6 Å². The minimum absolute atomic E-state index is 0.0637. The summed E-state index contributed by atoms with van der Waals surface area (Å²) in [6.07, 6.45) is 4.44. The van der Waals surface area contributed by atoms with Crippen molar-refractivity contribution in [3.8, 4) is 6.07 Å². The van der Waals surface area contributed by atoms with E-state index >= 15 is 0 Å². The molecule has 114 valence electrons. The van der Waals surface area contributed by atoms with Gasteiger partial charge in [0.2, 0.25) is 0 Å². The molecule has 3 rings (SSSR count). The summed E-state index contributed by atoms with van der Waals surface area (Å²) in [6, 6.07) is 3.52. The molecule has 0 radical (unpaired) electrons. The largest absolute Gasteiger partial charge is 0.461 e. The molecule has 0 bridgehead atoms. The summed E-state index contributed by atoms with van der Waals surface area (Å²) in [4.78, 5) is 16.3. The minimum atomic E-state index is -0.555. The van der Waals surface area contributed by atoms with Crippen LogP contribution in [-0.2, 0) is 4.74 Å². The van der Waals surface area contributed by atoms with Gasteiger partial charge in [-0.15, -0.1) is 0 Å². The Kier molecular flexibility index (Phi) is 3.76. The third kappa shape index (κ3) is 2.65. The quantitative estimate of drug-likeness (QED) is 0.673. The highest BCUT2D eigenvalue weighted by atomic mass is 32.2. The summed E-state index contributed by atoms with van der Waals surface area (Å²) in [5.41, 5.74) is -0.289. The SMILES string of the molecule is CCOC(=O)c1cnc2c(F)cc(SNC3(C#N)CC3)cn12. The van der Waals surface area contributed by atoms with Crippen LogP contribution in [0.3, 0.4) is 0 Å². The average Bonchev–Trinajstić information content (AvgIpc) is 3.16. The van der Waals surface area contributed by atoms with Gasteiger partial charge in [-0.2, -0.15) is 5.26 Å². The maximum absolute atomic E-state index is 14.1. The molecule has 8 heteroatoms. The molecule has 1 N–H and O–H groups in total. The molecule has 1 fully saturated rings. The number of nitrogens with one attached hydrogen (secondary N) is 1. The molecule has 0 aromatic carbocycles. The summed E-state index contributed by atoms with van der Waals surface area (Å²) in [7, 11) is 0. The molecule has 1 saturated carbocycles. The van der Waals surface area contributed by atoms with Crippen molar-refractivity contribution in [3.05, 3.63) is 30.0 Å². The Labute approximate surface area is 130 Å². The van der Waals surface area contributed by atoms with Crippen molar-refractivity contribution in [1.82, 2.24) is 14.1 Å². The second-order valence-electron chi connectivity index (χ2n) is 4.98. The Morgan fingerprint density at radius 1 is 1.68 bits per heavy atom. The highest BCUT2D eigenvalue weighted by Gasteiger charge is 2.43. The van der Waals surface area contributed by atoms with Gasteiger partial charge in [-0.05, 0) is 37.8 Å². The van der Waals surface area contributed by atoms with Gasteiger partial charge in [0.25, 0.3) is 0 Å². The molecule has 0 aliphatic heterocycles.